The van der Waals surface area contributed by atoms with Gasteiger partial charge in [0.2, 0.25) is 0 Å². The lowest BCUT2D eigenvalue weighted by molar-refractivity contribution is 0.369. The lowest BCUT2D eigenvalue weighted by Crippen LogP contribution is -2.25. The van der Waals surface area contributed by atoms with E-state index in [1.807, 2.05) is 25.9 Å². The Bertz CT molecular complexity index is 353. The third-order valence-corrected chi connectivity index (χ3v) is 2.91. The van der Waals surface area contributed by atoms with E-state index in [4.69, 9.17) is 0 Å². The van der Waals surface area contributed by atoms with Crippen LogP contribution in [0.2, 0.25) is 0 Å². The highest BCUT2D eigenvalue weighted by atomic mass is 79.9. The summed E-state index contributed by atoms with van der Waals surface area (Å²) >= 11 is 3.29. The van der Waals surface area contributed by atoms with Gasteiger partial charge in [0, 0.05) is 6.54 Å². The Balaban J connectivity index is 2.83. The molecular formula is C9H16BrN3O. The Morgan fingerprint density at radius 1 is 1.50 bits per heavy atom. The fraction of sp³-hybridized carbons (Fsp3) is 0.667. The zero-order valence-electron chi connectivity index (χ0n) is 8.80. The Kier molecular flexibility index (Phi) is 3.95. The van der Waals surface area contributed by atoms with Gasteiger partial charge in [-0.2, -0.15) is 0 Å². The maximum absolute atomic E-state index is 11.6. The topological polar surface area (TPSA) is 41.0 Å². The van der Waals surface area contributed by atoms with Crippen molar-refractivity contribution in [3.05, 3.63) is 20.5 Å². The van der Waals surface area contributed by atoms with Gasteiger partial charge in [0.15, 0.2) is 0 Å². The van der Waals surface area contributed by atoms with Crippen molar-refractivity contribution in [3.8, 4) is 0 Å². The molecule has 0 aliphatic rings. The number of halogens is 1. The van der Waals surface area contributed by atoms with E-state index in [-0.39, 0.29) is 5.56 Å². The maximum atomic E-state index is 11.6. The molecule has 1 aromatic heterocycles. The molecule has 80 valence electrons. The predicted molar refractivity (Wildman–Crippen MR) is 60.7 cm³/mol. The summed E-state index contributed by atoms with van der Waals surface area (Å²) in [6, 6.07) is 0. The van der Waals surface area contributed by atoms with Crippen LogP contribution in [-0.4, -0.2) is 35.3 Å². The van der Waals surface area contributed by atoms with Gasteiger partial charge in [-0.3, -0.25) is 14.6 Å². The van der Waals surface area contributed by atoms with Crippen molar-refractivity contribution >= 4 is 15.9 Å². The van der Waals surface area contributed by atoms with Gasteiger partial charge in [0.05, 0.1) is 12.2 Å². The molecule has 0 aliphatic heterocycles. The highest BCUT2D eigenvalue weighted by molar-refractivity contribution is 9.10. The number of hydrogen-bond donors (Lipinski definition) is 1. The maximum Gasteiger partial charge on any atom is 0.281 e. The Labute approximate surface area is 92.0 Å². The molecule has 0 fully saturated rings. The second kappa shape index (κ2) is 4.79. The molecule has 0 amide bonds. The first-order valence-corrected chi connectivity index (χ1v) is 5.47. The van der Waals surface area contributed by atoms with Crippen LogP contribution in [-0.2, 0) is 13.0 Å². The molecule has 0 spiro atoms. The molecule has 1 heterocycles. The van der Waals surface area contributed by atoms with E-state index < -0.39 is 0 Å². The quantitative estimate of drug-likeness (QED) is 0.881. The van der Waals surface area contributed by atoms with Crippen molar-refractivity contribution in [2.24, 2.45) is 0 Å². The van der Waals surface area contributed by atoms with Gasteiger partial charge in [-0.25, -0.2) is 0 Å². The van der Waals surface area contributed by atoms with Crippen LogP contribution < -0.4 is 5.56 Å². The normalized spacial score (nSPS) is 11.2. The first-order valence-electron chi connectivity index (χ1n) is 4.68. The Hall–Kier alpha value is -0.550. The summed E-state index contributed by atoms with van der Waals surface area (Å²) in [4.78, 5) is 13.7. The minimum Gasteiger partial charge on any atom is -0.308 e. The predicted octanol–water partition coefficient (Wildman–Crippen LogP) is 1.06. The minimum atomic E-state index is 0.0312. The zero-order valence-corrected chi connectivity index (χ0v) is 10.4. The number of H-pyrrole nitrogens is 1. The van der Waals surface area contributed by atoms with Gasteiger partial charge in [0.1, 0.15) is 4.47 Å². The number of aromatic nitrogens is 2. The van der Waals surface area contributed by atoms with Gasteiger partial charge >= 0.3 is 0 Å². The summed E-state index contributed by atoms with van der Waals surface area (Å²) in [6.07, 6.45) is 0.838. The van der Waals surface area contributed by atoms with Crippen LogP contribution in [0.5, 0.6) is 0 Å². The largest absolute Gasteiger partial charge is 0.308 e. The van der Waals surface area contributed by atoms with Crippen LogP contribution >= 0.6 is 15.9 Å². The van der Waals surface area contributed by atoms with E-state index in [9.17, 15) is 4.79 Å². The van der Waals surface area contributed by atoms with Gasteiger partial charge in [-0.05, 0) is 36.4 Å². The molecule has 0 aliphatic carbocycles. The van der Waals surface area contributed by atoms with Crippen LogP contribution in [0.25, 0.3) is 0 Å². The van der Waals surface area contributed by atoms with E-state index in [1.165, 1.54) is 0 Å². The van der Waals surface area contributed by atoms with Gasteiger partial charge in [-0.15, -0.1) is 0 Å². The molecule has 0 aromatic carbocycles. The number of nitrogens with zero attached hydrogens (tertiary/aromatic N) is 2. The molecule has 0 radical (unpaired) electrons. The van der Waals surface area contributed by atoms with Crippen molar-refractivity contribution in [1.29, 1.82) is 0 Å². The van der Waals surface area contributed by atoms with E-state index in [0.717, 1.165) is 18.7 Å². The van der Waals surface area contributed by atoms with Crippen LogP contribution in [0.15, 0.2) is 9.27 Å². The van der Waals surface area contributed by atoms with E-state index >= 15 is 0 Å². The highest BCUT2D eigenvalue weighted by Gasteiger charge is 2.09. The van der Waals surface area contributed by atoms with Crippen molar-refractivity contribution in [2.45, 2.75) is 19.9 Å². The highest BCUT2D eigenvalue weighted by Crippen LogP contribution is 2.09. The second-order valence-corrected chi connectivity index (χ2v) is 4.31. The van der Waals surface area contributed by atoms with Gasteiger partial charge in [-0.1, -0.05) is 6.92 Å². The standard InChI is InChI=1S/C9H16BrN3O/c1-4-7-8(10)9(14)13(11-7)6-5-12(2)3/h11H,4-6H2,1-3H3. The molecule has 1 aromatic rings. The number of aromatic amines is 1. The molecule has 0 saturated heterocycles. The summed E-state index contributed by atoms with van der Waals surface area (Å²) in [5, 5.41) is 3.09. The Morgan fingerprint density at radius 2 is 2.14 bits per heavy atom. The number of aryl methyl sites for hydroxylation is 1. The summed E-state index contributed by atoms with van der Waals surface area (Å²) in [5.74, 6) is 0. The lowest BCUT2D eigenvalue weighted by Gasteiger charge is -2.08. The molecule has 0 saturated carbocycles. The number of nitrogens with one attached hydrogen (secondary N) is 1. The van der Waals surface area contributed by atoms with E-state index in [0.29, 0.717) is 11.0 Å². The zero-order chi connectivity index (χ0) is 10.7. The van der Waals surface area contributed by atoms with Crippen molar-refractivity contribution in [1.82, 2.24) is 14.7 Å². The molecule has 4 nitrogen and oxygen atoms in total. The average molecular weight is 262 g/mol. The second-order valence-electron chi connectivity index (χ2n) is 3.52. The third-order valence-electron chi connectivity index (χ3n) is 2.09. The van der Waals surface area contributed by atoms with Crippen LogP contribution in [0.4, 0.5) is 0 Å². The monoisotopic (exact) mass is 261 g/mol. The van der Waals surface area contributed by atoms with Gasteiger partial charge in [0.25, 0.3) is 5.56 Å². The Morgan fingerprint density at radius 3 is 2.57 bits per heavy atom. The van der Waals surface area contributed by atoms with Crippen molar-refractivity contribution < 1.29 is 0 Å². The van der Waals surface area contributed by atoms with Crippen LogP contribution in [0.1, 0.15) is 12.6 Å². The van der Waals surface area contributed by atoms with E-state index in [1.54, 1.807) is 4.68 Å². The fourth-order valence-corrected chi connectivity index (χ4v) is 1.79. The molecule has 0 atom stereocenters. The number of hydrogen-bond acceptors (Lipinski definition) is 2. The summed E-state index contributed by atoms with van der Waals surface area (Å²) in [5.41, 5.74) is 0.998. The van der Waals surface area contributed by atoms with Crippen LogP contribution in [0, 0.1) is 0 Å². The number of likely N-dealkylation sites (N-methyl/N-ethyl adjacent to an activating group) is 1. The first kappa shape index (κ1) is 11.5. The summed E-state index contributed by atoms with van der Waals surface area (Å²) in [6.45, 7) is 3.58. The molecular weight excluding hydrogens is 246 g/mol. The van der Waals surface area contributed by atoms with Crippen LogP contribution in [0.3, 0.4) is 0 Å². The first-order chi connectivity index (χ1) is 6.56. The van der Waals surface area contributed by atoms with Crippen molar-refractivity contribution in [3.63, 3.8) is 0 Å². The van der Waals surface area contributed by atoms with E-state index in [2.05, 4.69) is 21.0 Å². The molecule has 0 unspecified atom stereocenters. The SMILES string of the molecule is CCc1[nH]n(CCN(C)C)c(=O)c1Br. The molecule has 5 heteroatoms. The molecule has 0 bridgehead atoms. The summed E-state index contributed by atoms with van der Waals surface area (Å²) < 4.78 is 2.31. The fourth-order valence-electron chi connectivity index (χ4n) is 1.20. The lowest BCUT2D eigenvalue weighted by atomic mass is 10.3. The average Bonchev–Trinajstić information content (AvgIpc) is 2.41. The molecule has 1 rings (SSSR count). The smallest absolute Gasteiger partial charge is 0.281 e. The van der Waals surface area contributed by atoms with Crippen molar-refractivity contribution in [2.75, 3.05) is 20.6 Å². The van der Waals surface area contributed by atoms with Gasteiger partial charge < -0.3 is 4.90 Å². The number of rotatable bonds is 4. The molecule has 1 N–H and O–H groups in total. The minimum absolute atomic E-state index is 0.0312. The third kappa shape index (κ3) is 2.48. The summed E-state index contributed by atoms with van der Waals surface area (Å²) in [7, 11) is 3.98. The molecule has 14 heavy (non-hydrogen) atoms.